The molecule has 2 aromatic carbocycles. The minimum absolute atomic E-state index is 0.0838. The molecule has 7 heteroatoms. The Morgan fingerprint density at radius 1 is 1.32 bits per heavy atom. The molecule has 0 spiro atoms. The summed E-state index contributed by atoms with van der Waals surface area (Å²) >= 11 is 0. The summed E-state index contributed by atoms with van der Waals surface area (Å²) in [6.07, 6.45) is 4.69. The van der Waals surface area contributed by atoms with E-state index in [4.69, 9.17) is 16.6 Å². The van der Waals surface area contributed by atoms with Gasteiger partial charge in [-0.3, -0.25) is 4.79 Å². The van der Waals surface area contributed by atoms with Gasteiger partial charge < -0.3 is 26.8 Å². The molecule has 7 nitrogen and oxygen atoms in total. The van der Waals surface area contributed by atoms with Crippen LogP contribution in [0.4, 0.5) is 5.69 Å². The fourth-order valence-electron chi connectivity index (χ4n) is 4.00. The van der Waals surface area contributed by atoms with Crippen molar-refractivity contribution >= 4 is 29.6 Å². The van der Waals surface area contributed by atoms with E-state index in [1.54, 1.807) is 24.3 Å². The van der Waals surface area contributed by atoms with Crippen molar-refractivity contribution in [3.63, 3.8) is 0 Å². The first-order valence-electron chi connectivity index (χ1n) is 10.1. The van der Waals surface area contributed by atoms with Gasteiger partial charge in [0.1, 0.15) is 0 Å². The second-order valence-corrected chi connectivity index (χ2v) is 7.66. The van der Waals surface area contributed by atoms with Crippen LogP contribution in [0, 0.1) is 28.1 Å². The Kier molecular flexibility index (Phi) is 6.83. The SMILES string of the molecule is CC1CC(CNc2ccc(/C(C=N)=C/N)cc2C=N)CN1C(=O)c1ccccc1C#N. The van der Waals surface area contributed by atoms with Crippen LogP contribution in [0.5, 0.6) is 0 Å². The maximum Gasteiger partial charge on any atom is 0.255 e. The molecule has 1 aliphatic rings. The van der Waals surface area contributed by atoms with Crippen LogP contribution in [0.25, 0.3) is 5.57 Å². The van der Waals surface area contributed by atoms with Gasteiger partial charge in [0.15, 0.2) is 0 Å². The maximum absolute atomic E-state index is 13.0. The number of hydrogen-bond acceptors (Lipinski definition) is 6. The Bertz CT molecular complexity index is 1070. The second kappa shape index (κ2) is 9.72. The number of rotatable bonds is 7. The van der Waals surface area contributed by atoms with Gasteiger partial charge in [0, 0.05) is 54.6 Å². The summed E-state index contributed by atoms with van der Waals surface area (Å²) in [5, 5.41) is 27.9. The number of nitriles is 1. The molecular weight excluding hydrogens is 388 g/mol. The summed E-state index contributed by atoms with van der Waals surface area (Å²) in [6, 6.07) is 14.7. The number of likely N-dealkylation sites (tertiary alicyclic amines) is 1. The molecule has 0 aromatic heterocycles. The molecule has 2 aromatic rings. The highest BCUT2D eigenvalue weighted by atomic mass is 16.2. The number of allylic oxidation sites excluding steroid dienone is 1. The summed E-state index contributed by atoms with van der Waals surface area (Å²) in [6.45, 7) is 3.31. The molecule has 0 bridgehead atoms. The smallest absolute Gasteiger partial charge is 0.255 e. The van der Waals surface area contributed by atoms with E-state index in [2.05, 4.69) is 11.4 Å². The zero-order valence-electron chi connectivity index (χ0n) is 17.4. The Morgan fingerprint density at radius 3 is 2.77 bits per heavy atom. The lowest BCUT2D eigenvalue weighted by Crippen LogP contribution is -2.34. The Hall–Kier alpha value is -3.92. The Morgan fingerprint density at radius 2 is 2.10 bits per heavy atom. The molecular formula is C24H26N6O. The predicted octanol–water partition coefficient (Wildman–Crippen LogP) is 3.47. The van der Waals surface area contributed by atoms with E-state index < -0.39 is 0 Å². The van der Waals surface area contributed by atoms with Crippen LogP contribution in [0.3, 0.4) is 0 Å². The summed E-state index contributed by atoms with van der Waals surface area (Å²) in [4.78, 5) is 14.8. The first-order valence-corrected chi connectivity index (χ1v) is 10.1. The number of anilines is 1. The summed E-state index contributed by atoms with van der Waals surface area (Å²) in [7, 11) is 0. The number of benzene rings is 2. The monoisotopic (exact) mass is 414 g/mol. The number of nitrogens with zero attached hydrogens (tertiary/aromatic N) is 2. The third-order valence-electron chi connectivity index (χ3n) is 5.66. The highest BCUT2D eigenvalue weighted by molar-refractivity contribution is 6.08. The molecule has 5 N–H and O–H groups in total. The molecule has 1 fully saturated rings. The quantitative estimate of drug-likeness (QED) is 0.517. The van der Waals surface area contributed by atoms with Crippen molar-refractivity contribution in [2.45, 2.75) is 19.4 Å². The first kappa shape index (κ1) is 21.8. The molecule has 1 aliphatic heterocycles. The lowest BCUT2D eigenvalue weighted by Gasteiger charge is -2.22. The van der Waals surface area contributed by atoms with Crippen molar-refractivity contribution in [1.82, 2.24) is 4.90 Å². The van der Waals surface area contributed by atoms with Crippen molar-refractivity contribution in [3.05, 3.63) is 70.9 Å². The molecule has 2 unspecified atom stereocenters. The van der Waals surface area contributed by atoms with E-state index in [-0.39, 0.29) is 17.9 Å². The molecule has 3 rings (SSSR count). The van der Waals surface area contributed by atoms with Gasteiger partial charge in [0.05, 0.1) is 17.2 Å². The molecule has 31 heavy (non-hydrogen) atoms. The average Bonchev–Trinajstić information content (AvgIpc) is 3.18. The van der Waals surface area contributed by atoms with E-state index in [0.717, 1.165) is 17.7 Å². The van der Waals surface area contributed by atoms with Crippen molar-refractivity contribution in [1.29, 1.82) is 16.1 Å². The van der Waals surface area contributed by atoms with Crippen LogP contribution >= 0.6 is 0 Å². The van der Waals surface area contributed by atoms with E-state index in [1.165, 1.54) is 18.6 Å². The van der Waals surface area contributed by atoms with Crippen LogP contribution in [0.2, 0.25) is 0 Å². The fraction of sp³-hybridized carbons (Fsp3) is 0.250. The van der Waals surface area contributed by atoms with Crippen LogP contribution in [-0.2, 0) is 0 Å². The molecule has 2 atom stereocenters. The van der Waals surface area contributed by atoms with Crippen molar-refractivity contribution < 1.29 is 4.79 Å². The minimum Gasteiger partial charge on any atom is -0.404 e. The van der Waals surface area contributed by atoms with Gasteiger partial charge in [-0.25, -0.2) is 0 Å². The van der Waals surface area contributed by atoms with Gasteiger partial charge in [0.2, 0.25) is 0 Å². The molecule has 158 valence electrons. The molecule has 0 aliphatic carbocycles. The van der Waals surface area contributed by atoms with Crippen LogP contribution < -0.4 is 11.1 Å². The van der Waals surface area contributed by atoms with Crippen molar-refractivity contribution in [2.75, 3.05) is 18.4 Å². The van der Waals surface area contributed by atoms with Gasteiger partial charge in [0.25, 0.3) is 5.91 Å². The average molecular weight is 415 g/mol. The zero-order chi connectivity index (χ0) is 22.4. The van der Waals surface area contributed by atoms with Gasteiger partial charge in [-0.2, -0.15) is 5.26 Å². The third-order valence-corrected chi connectivity index (χ3v) is 5.66. The summed E-state index contributed by atoms with van der Waals surface area (Å²) in [5.41, 5.74) is 9.31. The standard InChI is InChI=1S/C24H26N6O/c1-16-8-17(15-30(16)24(31)22-5-3-2-4-19(22)10-25)14-29-23-7-6-18(9-20(23)11-26)21(12-27)13-28/h2-7,9,11-13,16-17,26-27,29H,8,14-15,28H2,1H3/b21-13+,26-11?,27-12?. The number of hydrogen-bond donors (Lipinski definition) is 4. The molecule has 1 heterocycles. The molecule has 0 saturated carbocycles. The largest absolute Gasteiger partial charge is 0.404 e. The topological polar surface area (TPSA) is 130 Å². The van der Waals surface area contributed by atoms with Gasteiger partial charge in [-0.15, -0.1) is 0 Å². The number of nitrogens with two attached hydrogens (primary N) is 1. The number of carbonyl (C=O) groups excluding carboxylic acids is 1. The van der Waals surface area contributed by atoms with Gasteiger partial charge >= 0.3 is 0 Å². The lowest BCUT2D eigenvalue weighted by atomic mass is 10.0. The first-order chi connectivity index (χ1) is 15.0. The van der Waals surface area contributed by atoms with E-state index in [1.807, 2.05) is 30.0 Å². The number of nitrogens with one attached hydrogen (secondary N) is 3. The molecule has 0 radical (unpaired) electrons. The van der Waals surface area contributed by atoms with Gasteiger partial charge in [-0.1, -0.05) is 18.2 Å². The van der Waals surface area contributed by atoms with E-state index in [9.17, 15) is 10.1 Å². The highest BCUT2D eigenvalue weighted by Gasteiger charge is 2.33. The van der Waals surface area contributed by atoms with Crippen LogP contribution in [0.15, 0.2) is 48.7 Å². The van der Waals surface area contributed by atoms with E-state index in [0.29, 0.717) is 35.4 Å². The number of carbonyl (C=O) groups is 1. The molecule has 1 saturated heterocycles. The van der Waals surface area contributed by atoms with Crippen LogP contribution in [0.1, 0.15) is 40.4 Å². The second-order valence-electron chi connectivity index (χ2n) is 7.66. The normalized spacial score (nSPS) is 18.3. The van der Waals surface area contributed by atoms with Crippen molar-refractivity contribution in [3.8, 4) is 6.07 Å². The fourth-order valence-corrected chi connectivity index (χ4v) is 4.00. The highest BCUT2D eigenvalue weighted by Crippen LogP contribution is 2.27. The van der Waals surface area contributed by atoms with E-state index >= 15 is 0 Å². The minimum atomic E-state index is -0.107. The lowest BCUT2D eigenvalue weighted by molar-refractivity contribution is 0.0743. The predicted molar refractivity (Wildman–Crippen MR) is 124 cm³/mol. The number of amides is 1. The Labute approximate surface area is 182 Å². The summed E-state index contributed by atoms with van der Waals surface area (Å²) in [5.74, 6) is 0.150. The molecule has 1 amide bonds. The zero-order valence-corrected chi connectivity index (χ0v) is 17.4. The van der Waals surface area contributed by atoms with Crippen LogP contribution in [-0.4, -0.2) is 42.4 Å². The van der Waals surface area contributed by atoms with Crippen molar-refractivity contribution in [2.24, 2.45) is 11.7 Å². The summed E-state index contributed by atoms with van der Waals surface area (Å²) < 4.78 is 0. The third kappa shape index (κ3) is 4.64. The van der Waals surface area contributed by atoms with Gasteiger partial charge in [-0.05, 0) is 49.1 Å². The maximum atomic E-state index is 13.0. The Balaban J connectivity index is 1.69.